The Morgan fingerprint density at radius 3 is 2.40 bits per heavy atom. The molecule has 1 amide bonds. The van der Waals surface area contributed by atoms with Gasteiger partial charge in [-0.3, -0.25) is 9.69 Å². The Morgan fingerprint density at radius 1 is 0.900 bits per heavy atom. The predicted molar refractivity (Wildman–Crippen MR) is 162 cm³/mol. The van der Waals surface area contributed by atoms with Gasteiger partial charge in [0.2, 0.25) is 0 Å². The molecule has 40 heavy (non-hydrogen) atoms. The van der Waals surface area contributed by atoms with Crippen molar-refractivity contribution in [3.05, 3.63) is 137 Å². The number of carbonyl (C=O) groups excluding carboxylic acids is 2. The van der Waals surface area contributed by atoms with Crippen LogP contribution in [0.25, 0.3) is 17.0 Å². The van der Waals surface area contributed by atoms with Crippen LogP contribution in [0.3, 0.4) is 0 Å². The van der Waals surface area contributed by atoms with Crippen molar-refractivity contribution in [2.45, 2.75) is 6.54 Å². The fraction of sp³-hybridized carbons (Fsp3) is 0.0606. The van der Waals surface area contributed by atoms with Crippen LogP contribution in [-0.4, -0.2) is 28.7 Å². The Kier molecular flexibility index (Phi) is 7.04. The minimum absolute atomic E-state index is 0.117. The molecule has 4 aromatic carbocycles. The number of aromatic nitrogens is 1. The van der Waals surface area contributed by atoms with Gasteiger partial charge in [-0.25, -0.2) is 9.79 Å². The van der Waals surface area contributed by atoms with E-state index in [9.17, 15) is 9.59 Å². The number of ether oxygens (including phenoxy) is 1. The van der Waals surface area contributed by atoms with Gasteiger partial charge in [-0.15, -0.1) is 0 Å². The van der Waals surface area contributed by atoms with Crippen molar-refractivity contribution in [2.24, 2.45) is 4.99 Å². The maximum Gasteiger partial charge on any atom is 0.337 e. The summed E-state index contributed by atoms with van der Waals surface area (Å²) in [6.45, 7) is 0.562. The molecule has 6 nitrogen and oxygen atoms in total. The second-order valence-corrected chi connectivity index (χ2v) is 10.2. The predicted octanol–water partition coefficient (Wildman–Crippen LogP) is 7.28. The number of methoxy groups -OCH3 is 1. The number of esters is 1. The van der Waals surface area contributed by atoms with E-state index in [1.807, 2.05) is 97.1 Å². The van der Waals surface area contributed by atoms with Crippen molar-refractivity contribution in [1.29, 1.82) is 0 Å². The minimum atomic E-state index is -0.364. The first kappa shape index (κ1) is 25.4. The molecular weight excluding hydrogens is 518 g/mol. The lowest BCUT2D eigenvalue weighted by Gasteiger charge is -2.15. The van der Waals surface area contributed by atoms with Gasteiger partial charge in [0.1, 0.15) is 0 Å². The Morgan fingerprint density at radius 2 is 1.62 bits per heavy atom. The quantitative estimate of drug-likeness (QED) is 0.167. The standard InChI is InChI=1S/C33H25N3O3S/c1-39-32(38)24-12-10-11-23(19-24)21-35-22-25(28-17-8-9-18-29(28)35)20-30-31(37)36(27-15-6-3-7-16-27)33(40-30)34-26-13-4-2-5-14-26/h2-20,22H,21H2,1H3/b30-20-,34-33?. The molecule has 1 aromatic heterocycles. The normalized spacial score (nSPS) is 15.3. The molecular formula is C33H25N3O3S. The zero-order valence-electron chi connectivity index (χ0n) is 21.7. The number of thioether (sulfide) groups is 1. The van der Waals surface area contributed by atoms with Crippen LogP contribution < -0.4 is 4.90 Å². The number of aliphatic imine (C=N–C) groups is 1. The van der Waals surface area contributed by atoms with E-state index < -0.39 is 0 Å². The Hall–Kier alpha value is -4.88. The van der Waals surface area contributed by atoms with Crippen molar-refractivity contribution in [2.75, 3.05) is 12.0 Å². The summed E-state index contributed by atoms with van der Waals surface area (Å²) >= 11 is 1.37. The number of hydrogen-bond donors (Lipinski definition) is 0. The molecule has 0 radical (unpaired) electrons. The van der Waals surface area contributed by atoms with Crippen molar-refractivity contribution < 1.29 is 14.3 Å². The average molecular weight is 544 g/mol. The summed E-state index contributed by atoms with van der Waals surface area (Å²) in [5.41, 5.74) is 5.01. The monoisotopic (exact) mass is 543 g/mol. The van der Waals surface area contributed by atoms with Gasteiger partial charge in [-0.1, -0.05) is 66.7 Å². The minimum Gasteiger partial charge on any atom is -0.465 e. The Labute approximate surface area is 236 Å². The van der Waals surface area contributed by atoms with E-state index in [-0.39, 0.29) is 11.9 Å². The van der Waals surface area contributed by atoms with Crippen LogP contribution in [0, 0.1) is 0 Å². The molecule has 2 heterocycles. The Balaban J connectivity index is 1.39. The first-order chi connectivity index (χ1) is 19.6. The summed E-state index contributed by atoms with van der Waals surface area (Å²) in [4.78, 5) is 32.9. The molecule has 1 aliphatic heterocycles. The van der Waals surface area contributed by atoms with E-state index in [2.05, 4.69) is 22.9 Å². The molecule has 196 valence electrons. The number of nitrogens with zero attached hydrogens (tertiary/aromatic N) is 3. The summed E-state index contributed by atoms with van der Waals surface area (Å²) in [7, 11) is 1.38. The number of fused-ring (bicyclic) bond motifs is 1. The number of carbonyl (C=O) groups is 2. The zero-order chi connectivity index (χ0) is 27.5. The smallest absolute Gasteiger partial charge is 0.337 e. The molecule has 1 fully saturated rings. The number of hydrogen-bond acceptors (Lipinski definition) is 5. The number of para-hydroxylation sites is 3. The molecule has 0 atom stereocenters. The molecule has 0 N–H and O–H groups in total. The van der Waals surface area contributed by atoms with E-state index in [4.69, 9.17) is 9.73 Å². The second kappa shape index (κ2) is 11.1. The maximum atomic E-state index is 13.8. The van der Waals surface area contributed by atoms with Gasteiger partial charge in [0.05, 0.1) is 29.0 Å². The highest BCUT2D eigenvalue weighted by molar-refractivity contribution is 8.19. The number of rotatable bonds is 6. The molecule has 1 saturated heterocycles. The molecule has 5 aromatic rings. The molecule has 7 heteroatoms. The van der Waals surface area contributed by atoms with Crippen LogP contribution >= 0.6 is 11.8 Å². The SMILES string of the molecule is COC(=O)c1cccc(Cn2cc(/C=C3\SC(=Nc4ccccc4)N(c4ccccc4)C3=O)c3ccccc32)c1. The van der Waals surface area contributed by atoms with Gasteiger partial charge >= 0.3 is 5.97 Å². The molecule has 0 unspecified atom stereocenters. The third-order valence-corrected chi connectivity index (χ3v) is 7.58. The topological polar surface area (TPSA) is 63.9 Å². The highest BCUT2D eigenvalue weighted by Gasteiger charge is 2.35. The first-order valence-corrected chi connectivity index (χ1v) is 13.6. The number of amidine groups is 1. The summed E-state index contributed by atoms with van der Waals surface area (Å²) in [6.07, 6.45) is 4.00. The van der Waals surface area contributed by atoms with Crippen LogP contribution in [0.1, 0.15) is 21.5 Å². The van der Waals surface area contributed by atoms with Gasteiger partial charge in [-0.05, 0) is 65.9 Å². The highest BCUT2D eigenvalue weighted by Crippen LogP contribution is 2.38. The second-order valence-electron chi connectivity index (χ2n) is 9.24. The van der Waals surface area contributed by atoms with Crippen molar-refractivity contribution >= 4 is 57.2 Å². The van der Waals surface area contributed by atoms with Crippen LogP contribution in [0.2, 0.25) is 0 Å². The van der Waals surface area contributed by atoms with E-state index in [0.29, 0.717) is 22.2 Å². The van der Waals surface area contributed by atoms with Gasteiger partial charge < -0.3 is 9.30 Å². The van der Waals surface area contributed by atoms with Crippen molar-refractivity contribution in [3.8, 4) is 0 Å². The highest BCUT2D eigenvalue weighted by atomic mass is 32.2. The lowest BCUT2D eigenvalue weighted by molar-refractivity contribution is -0.113. The number of anilines is 1. The van der Waals surface area contributed by atoms with Crippen LogP contribution in [0.5, 0.6) is 0 Å². The van der Waals surface area contributed by atoms with Gasteiger partial charge in [0.15, 0.2) is 5.17 Å². The maximum absolute atomic E-state index is 13.8. The third kappa shape index (κ3) is 5.07. The van der Waals surface area contributed by atoms with E-state index in [0.717, 1.165) is 33.4 Å². The van der Waals surface area contributed by atoms with Crippen molar-refractivity contribution in [3.63, 3.8) is 0 Å². The van der Waals surface area contributed by atoms with Crippen LogP contribution in [-0.2, 0) is 16.1 Å². The van der Waals surface area contributed by atoms with E-state index >= 15 is 0 Å². The Bertz CT molecular complexity index is 1780. The van der Waals surface area contributed by atoms with Gasteiger partial charge in [-0.2, -0.15) is 0 Å². The summed E-state index contributed by atoms with van der Waals surface area (Å²) < 4.78 is 7.02. The van der Waals surface area contributed by atoms with Gasteiger partial charge in [0.25, 0.3) is 5.91 Å². The molecule has 0 bridgehead atoms. The summed E-state index contributed by atoms with van der Waals surface area (Å²) in [5, 5.41) is 1.64. The van der Waals surface area contributed by atoms with Gasteiger partial charge in [0, 0.05) is 29.2 Å². The molecule has 0 aliphatic carbocycles. The molecule has 0 spiro atoms. The lowest BCUT2D eigenvalue weighted by Crippen LogP contribution is -2.28. The third-order valence-electron chi connectivity index (χ3n) is 6.61. The van der Waals surface area contributed by atoms with Crippen LogP contribution in [0.4, 0.5) is 11.4 Å². The number of benzene rings is 4. The summed E-state index contributed by atoms with van der Waals surface area (Å²) in [6, 6.07) is 34.8. The fourth-order valence-corrected chi connectivity index (χ4v) is 5.73. The molecule has 6 rings (SSSR count). The fourth-order valence-electron chi connectivity index (χ4n) is 4.74. The van der Waals surface area contributed by atoms with E-state index in [1.165, 1.54) is 18.9 Å². The summed E-state index contributed by atoms with van der Waals surface area (Å²) in [5.74, 6) is -0.481. The molecule has 1 aliphatic rings. The van der Waals surface area contributed by atoms with E-state index in [1.54, 1.807) is 11.0 Å². The zero-order valence-corrected chi connectivity index (χ0v) is 22.5. The lowest BCUT2D eigenvalue weighted by atomic mass is 10.1. The molecule has 0 saturated carbocycles. The number of amides is 1. The average Bonchev–Trinajstić information content (AvgIpc) is 3.49. The largest absolute Gasteiger partial charge is 0.465 e. The van der Waals surface area contributed by atoms with Crippen molar-refractivity contribution in [1.82, 2.24) is 4.57 Å². The first-order valence-electron chi connectivity index (χ1n) is 12.8. The van der Waals surface area contributed by atoms with Crippen LogP contribution in [0.15, 0.2) is 125 Å².